The molecule has 0 saturated carbocycles. The van der Waals surface area contributed by atoms with E-state index in [0.717, 1.165) is 29.4 Å². The minimum atomic E-state index is -3.56. The highest BCUT2D eigenvalue weighted by Gasteiger charge is 2.29. The van der Waals surface area contributed by atoms with Gasteiger partial charge >= 0.3 is 0 Å². The number of rotatable bonds is 13. The van der Waals surface area contributed by atoms with Crippen LogP contribution in [0.4, 0.5) is 5.69 Å². The van der Waals surface area contributed by atoms with E-state index in [9.17, 15) is 18.0 Å². The highest BCUT2D eigenvalue weighted by molar-refractivity contribution is 7.92. The molecule has 0 bridgehead atoms. The Morgan fingerprint density at radius 3 is 2.21 bits per heavy atom. The van der Waals surface area contributed by atoms with E-state index in [1.165, 1.54) is 4.31 Å². The van der Waals surface area contributed by atoms with Gasteiger partial charge in [0, 0.05) is 25.6 Å². The van der Waals surface area contributed by atoms with Gasteiger partial charge in [-0.1, -0.05) is 49.2 Å². The van der Waals surface area contributed by atoms with Crippen molar-refractivity contribution in [1.82, 2.24) is 10.2 Å². The number of benzene rings is 2. The molecule has 2 atom stereocenters. The summed E-state index contributed by atoms with van der Waals surface area (Å²) in [6.45, 7) is 9.97. The molecule has 7 nitrogen and oxygen atoms in total. The zero-order chi connectivity index (χ0) is 28.6. The van der Waals surface area contributed by atoms with Crippen molar-refractivity contribution in [3.05, 3.63) is 63.1 Å². The topological polar surface area (TPSA) is 86.8 Å². The van der Waals surface area contributed by atoms with Crippen LogP contribution < -0.4 is 9.62 Å². The van der Waals surface area contributed by atoms with E-state index in [4.69, 9.17) is 23.2 Å². The average molecular weight is 585 g/mol. The maximum Gasteiger partial charge on any atom is 0.243 e. The lowest BCUT2D eigenvalue weighted by atomic mass is 10.1. The van der Waals surface area contributed by atoms with Crippen LogP contribution in [0.1, 0.15) is 63.1 Å². The minimum absolute atomic E-state index is 0.0280. The second kappa shape index (κ2) is 14.2. The fourth-order valence-corrected chi connectivity index (χ4v) is 5.36. The second-order valence-electron chi connectivity index (χ2n) is 9.72. The van der Waals surface area contributed by atoms with Gasteiger partial charge in [-0.3, -0.25) is 13.9 Å². The largest absolute Gasteiger partial charge is 0.352 e. The first kappa shape index (κ1) is 31.9. The molecule has 0 spiro atoms. The van der Waals surface area contributed by atoms with E-state index in [0.29, 0.717) is 28.6 Å². The number of nitrogens with one attached hydrogen (secondary N) is 1. The van der Waals surface area contributed by atoms with Crippen LogP contribution in [0.3, 0.4) is 0 Å². The molecule has 0 saturated heterocycles. The van der Waals surface area contributed by atoms with E-state index in [2.05, 4.69) is 5.32 Å². The van der Waals surface area contributed by atoms with Crippen LogP contribution in [0.5, 0.6) is 0 Å². The van der Waals surface area contributed by atoms with Crippen molar-refractivity contribution in [2.24, 2.45) is 0 Å². The molecule has 2 aromatic carbocycles. The number of carbonyl (C=O) groups excluding carboxylic acids is 2. The highest BCUT2D eigenvalue weighted by atomic mass is 35.5. The molecule has 0 aliphatic heterocycles. The number of anilines is 1. The van der Waals surface area contributed by atoms with Crippen LogP contribution in [0, 0.1) is 13.8 Å². The number of halogens is 2. The summed E-state index contributed by atoms with van der Waals surface area (Å²) in [6, 6.07) is 9.91. The Balaban J connectivity index is 2.27. The van der Waals surface area contributed by atoms with Crippen LogP contribution >= 0.6 is 23.2 Å². The molecule has 0 radical (unpaired) electrons. The van der Waals surface area contributed by atoms with Crippen LogP contribution in [0.2, 0.25) is 10.0 Å². The molecule has 38 heavy (non-hydrogen) atoms. The molecule has 1 N–H and O–H groups in total. The van der Waals surface area contributed by atoms with Gasteiger partial charge in [-0.25, -0.2) is 8.42 Å². The zero-order valence-corrected chi connectivity index (χ0v) is 25.4. The van der Waals surface area contributed by atoms with E-state index >= 15 is 0 Å². The SMILES string of the molecule is CC[C@@H](C)NC(=O)[C@@H](CC)N(Cc1ccc(Cl)c(Cl)c1)C(=O)CCCN(c1ccc(C)c(C)c1)S(C)(=O)=O. The summed E-state index contributed by atoms with van der Waals surface area (Å²) in [7, 11) is -3.56. The summed E-state index contributed by atoms with van der Waals surface area (Å²) >= 11 is 12.3. The van der Waals surface area contributed by atoms with Crippen molar-refractivity contribution in [2.45, 2.75) is 78.9 Å². The average Bonchev–Trinajstić information content (AvgIpc) is 2.84. The predicted octanol–water partition coefficient (Wildman–Crippen LogP) is 5.88. The number of aryl methyl sites for hydroxylation is 2. The van der Waals surface area contributed by atoms with Gasteiger partial charge in [-0.15, -0.1) is 0 Å². The Morgan fingerprint density at radius 1 is 0.974 bits per heavy atom. The number of amides is 2. The normalized spacial score (nSPS) is 13.1. The van der Waals surface area contributed by atoms with E-state index in [1.54, 1.807) is 29.2 Å². The first-order chi connectivity index (χ1) is 17.8. The maximum absolute atomic E-state index is 13.5. The first-order valence-corrected chi connectivity index (χ1v) is 15.5. The maximum atomic E-state index is 13.5. The number of carbonyl (C=O) groups is 2. The molecule has 2 amide bonds. The summed E-state index contributed by atoms with van der Waals surface area (Å²) in [5, 5.41) is 3.75. The molecule has 0 aliphatic carbocycles. The summed E-state index contributed by atoms with van der Waals surface area (Å²) in [6.07, 6.45) is 2.72. The standard InChI is InChI=1S/C28H39Cl2N3O4S/c1-7-21(5)31-28(35)26(8-2)32(18-22-12-14-24(29)25(30)17-22)27(34)10-9-15-33(38(6,36)37)23-13-11-19(3)20(4)16-23/h11-14,16-17,21,26H,7-10,15,18H2,1-6H3,(H,31,35)/t21-,26-/m1/s1. The molecule has 0 unspecified atom stereocenters. The lowest BCUT2D eigenvalue weighted by Gasteiger charge is -2.32. The first-order valence-electron chi connectivity index (χ1n) is 12.9. The molecule has 0 aromatic heterocycles. The molecule has 2 rings (SSSR count). The molecule has 0 aliphatic rings. The Hall–Kier alpha value is -2.29. The van der Waals surface area contributed by atoms with Crippen LogP contribution in [0.15, 0.2) is 36.4 Å². The smallest absolute Gasteiger partial charge is 0.243 e. The fraction of sp³-hybridized carbons (Fsp3) is 0.500. The molecule has 210 valence electrons. The van der Waals surface area contributed by atoms with Gasteiger partial charge in [0.05, 0.1) is 22.0 Å². The van der Waals surface area contributed by atoms with Gasteiger partial charge in [0.15, 0.2) is 0 Å². The monoisotopic (exact) mass is 583 g/mol. The number of hydrogen-bond donors (Lipinski definition) is 1. The Labute approximate surface area is 237 Å². The molecule has 10 heteroatoms. The van der Waals surface area contributed by atoms with Crippen molar-refractivity contribution in [3.8, 4) is 0 Å². The second-order valence-corrected chi connectivity index (χ2v) is 12.4. The van der Waals surface area contributed by atoms with Gasteiger partial charge in [-0.05, 0) is 81.0 Å². The zero-order valence-electron chi connectivity index (χ0n) is 23.1. The molecule has 0 heterocycles. The van der Waals surface area contributed by atoms with E-state index < -0.39 is 16.1 Å². The summed E-state index contributed by atoms with van der Waals surface area (Å²) in [5.74, 6) is -0.459. The Bertz CT molecular complexity index is 1240. The van der Waals surface area contributed by atoms with E-state index in [-0.39, 0.29) is 37.4 Å². The van der Waals surface area contributed by atoms with Gasteiger partial charge in [0.2, 0.25) is 21.8 Å². The molecular weight excluding hydrogens is 545 g/mol. The van der Waals surface area contributed by atoms with Crippen molar-refractivity contribution < 1.29 is 18.0 Å². The fourth-order valence-electron chi connectivity index (χ4n) is 4.08. The van der Waals surface area contributed by atoms with E-state index in [1.807, 2.05) is 46.8 Å². The van der Waals surface area contributed by atoms with Gasteiger partial charge < -0.3 is 10.2 Å². The van der Waals surface area contributed by atoms with Crippen molar-refractivity contribution in [3.63, 3.8) is 0 Å². The molecular formula is C28H39Cl2N3O4S. The van der Waals surface area contributed by atoms with Crippen LogP contribution in [0.25, 0.3) is 0 Å². The van der Waals surface area contributed by atoms with Gasteiger partial charge in [-0.2, -0.15) is 0 Å². The lowest BCUT2D eigenvalue weighted by Crippen LogP contribution is -2.50. The predicted molar refractivity (Wildman–Crippen MR) is 156 cm³/mol. The van der Waals surface area contributed by atoms with Crippen molar-refractivity contribution in [1.29, 1.82) is 0 Å². The van der Waals surface area contributed by atoms with Crippen LogP contribution in [-0.2, 0) is 26.2 Å². The lowest BCUT2D eigenvalue weighted by molar-refractivity contribution is -0.141. The highest BCUT2D eigenvalue weighted by Crippen LogP contribution is 2.25. The number of sulfonamides is 1. The summed E-state index contributed by atoms with van der Waals surface area (Å²) in [4.78, 5) is 28.2. The van der Waals surface area contributed by atoms with Crippen LogP contribution in [-0.4, -0.2) is 50.0 Å². The van der Waals surface area contributed by atoms with Gasteiger partial charge in [0.1, 0.15) is 6.04 Å². The number of hydrogen-bond acceptors (Lipinski definition) is 4. The Kier molecular flexibility index (Phi) is 11.9. The third kappa shape index (κ3) is 8.89. The molecule has 0 fully saturated rings. The summed E-state index contributed by atoms with van der Waals surface area (Å²) < 4.78 is 26.5. The number of nitrogens with zero attached hydrogens (tertiary/aromatic N) is 2. The van der Waals surface area contributed by atoms with Crippen molar-refractivity contribution in [2.75, 3.05) is 17.1 Å². The summed E-state index contributed by atoms with van der Waals surface area (Å²) in [5.41, 5.74) is 3.36. The third-order valence-electron chi connectivity index (χ3n) is 6.65. The molecule has 2 aromatic rings. The quantitative estimate of drug-likeness (QED) is 0.319. The van der Waals surface area contributed by atoms with Gasteiger partial charge in [0.25, 0.3) is 0 Å². The third-order valence-corrected chi connectivity index (χ3v) is 8.59. The minimum Gasteiger partial charge on any atom is -0.352 e. The van der Waals surface area contributed by atoms with Crippen molar-refractivity contribution >= 4 is 50.7 Å². The Morgan fingerprint density at radius 2 is 1.66 bits per heavy atom.